The molecule has 3 rings (SSSR count). The number of carbonyl (C=O) groups excluding carboxylic acids is 2. The molecule has 2 aromatic rings. The number of hydrogen-bond acceptors (Lipinski definition) is 6. The molecule has 1 saturated carbocycles. The zero-order chi connectivity index (χ0) is 19.1. The van der Waals surface area contributed by atoms with Crippen LogP contribution in [-0.4, -0.2) is 28.0 Å². The first-order chi connectivity index (χ1) is 13.1. The Morgan fingerprint density at radius 3 is 2.52 bits per heavy atom. The van der Waals surface area contributed by atoms with Crippen LogP contribution in [0, 0.1) is 0 Å². The Morgan fingerprint density at radius 1 is 1.15 bits per heavy atom. The summed E-state index contributed by atoms with van der Waals surface area (Å²) in [7, 11) is 0. The second kappa shape index (κ2) is 9.16. The first-order valence-electron chi connectivity index (χ1n) is 9.23. The quantitative estimate of drug-likeness (QED) is 0.718. The average Bonchev–Trinajstić information content (AvgIpc) is 2.98. The van der Waals surface area contributed by atoms with Crippen molar-refractivity contribution < 1.29 is 18.8 Å². The van der Waals surface area contributed by atoms with Gasteiger partial charge in [0.1, 0.15) is 5.75 Å². The van der Waals surface area contributed by atoms with Crippen molar-refractivity contribution in [3.8, 4) is 5.75 Å². The monoisotopic (exact) mass is 372 g/mol. The van der Waals surface area contributed by atoms with E-state index >= 15 is 0 Å². The van der Waals surface area contributed by atoms with Crippen LogP contribution in [0.3, 0.4) is 0 Å². The number of nitrogens with two attached hydrogens (primary N) is 1. The van der Waals surface area contributed by atoms with Crippen LogP contribution in [-0.2, 0) is 17.8 Å². The van der Waals surface area contributed by atoms with Crippen molar-refractivity contribution in [2.45, 2.75) is 57.6 Å². The molecule has 0 saturated heterocycles. The van der Waals surface area contributed by atoms with E-state index in [1.807, 2.05) is 0 Å². The molecule has 3 N–H and O–H groups in total. The number of amides is 2. The van der Waals surface area contributed by atoms with Gasteiger partial charge in [0.15, 0.2) is 6.61 Å². The van der Waals surface area contributed by atoms with Gasteiger partial charge in [0.05, 0.1) is 6.42 Å². The Hall–Kier alpha value is -2.90. The van der Waals surface area contributed by atoms with Crippen LogP contribution in [0.1, 0.15) is 60.6 Å². The van der Waals surface area contributed by atoms with Crippen molar-refractivity contribution in [3.63, 3.8) is 0 Å². The number of hydrogen-bond donors (Lipinski definition) is 2. The standard InChI is InChI=1S/C19H24N4O4/c20-16(24)11-13-7-9-15(10-8-13)26-12-17-22-19(27-23-17)18(25)21-14-5-3-1-2-4-6-14/h7-10,14H,1-6,11-12H2,(H2,20,24)(H,21,25). The van der Waals surface area contributed by atoms with Gasteiger partial charge in [-0.2, -0.15) is 4.98 Å². The van der Waals surface area contributed by atoms with E-state index in [1.165, 1.54) is 12.8 Å². The summed E-state index contributed by atoms with van der Waals surface area (Å²) in [4.78, 5) is 27.2. The highest BCUT2D eigenvalue weighted by molar-refractivity contribution is 5.89. The molecule has 8 heteroatoms. The number of aromatic nitrogens is 2. The summed E-state index contributed by atoms with van der Waals surface area (Å²) in [6.45, 7) is 0.0787. The van der Waals surface area contributed by atoms with Gasteiger partial charge >= 0.3 is 11.8 Å². The number of benzene rings is 1. The molecule has 0 bridgehead atoms. The first-order valence-corrected chi connectivity index (χ1v) is 9.23. The molecule has 0 unspecified atom stereocenters. The molecule has 1 heterocycles. The van der Waals surface area contributed by atoms with Gasteiger partial charge in [-0.1, -0.05) is 43.0 Å². The summed E-state index contributed by atoms with van der Waals surface area (Å²) in [6.07, 6.45) is 6.86. The minimum Gasteiger partial charge on any atom is -0.485 e. The molecule has 0 spiro atoms. The van der Waals surface area contributed by atoms with Crippen molar-refractivity contribution in [2.24, 2.45) is 5.73 Å². The predicted molar refractivity (Wildman–Crippen MR) is 96.9 cm³/mol. The lowest BCUT2D eigenvalue weighted by molar-refractivity contribution is -0.117. The zero-order valence-corrected chi connectivity index (χ0v) is 15.1. The summed E-state index contributed by atoms with van der Waals surface area (Å²) in [5, 5.41) is 6.76. The minimum absolute atomic E-state index is 0.0466. The molecule has 27 heavy (non-hydrogen) atoms. The number of ether oxygens (including phenoxy) is 1. The van der Waals surface area contributed by atoms with E-state index in [0.29, 0.717) is 11.6 Å². The van der Waals surface area contributed by atoms with Crippen molar-refractivity contribution in [1.82, 2.24) is 15.5 Å². The van der Waals surface area contributed by atoms with Gasteiger partial charge in [-0.05, 0) is 30.5 Å². The highest BCUT2D eigenvalue weighted by atomic mass is 16.5. The summed E-state index contributed by atoms with van der Waals surface area (Å²) in [5.41, 5.74) is 5.97. The third-order valence-electron chi connectivity index (χ3n) is 4.52. The van der Waals surface area contributed by atoms with Gasteiger partial charge in [0.25, 0.3) is 0 Å². The van der Waals surface area contributed by atoms with Crippen LogP contribution in [0.4, 0.5) is 0 Å². The number of carbonyl (C=O) groups is 2. The Kier molecular flexibility index (Phi) is 6.40. The third kappa shape index (κ3) is 5.80. The van der Waals surface area contributed by atoms with Crippen LogP contribution in [0.2, 0.25) is 0 Å². The molecule has 1 fully saturated rings. The summed E-state index contributed by atoms with van der Waals surface area (Å²) >= 11 is 0. The van der Waals surface area contributed by atoms with E-state index in [9.17, 15) is 9.59 Å². The van der Waals surface area contributed by atoms with Crippen LogP contribution in [0.15, 0.2) is 28.8 Å². The Balaban J connectivity index is 1.50. The van der Waals surface area contributed by atoms with Crippen LogP contribution in [0.5, 0.6) is 5.75 Å². The van der Waals surface area contributed by atoms with E-state index in [0.717, 1.165) is 31.2 Å². The topological polar surface area (TPSA) is 120 Å². The van der Waals surface area contributed by atoms with Crippen LogP contribution < -0.4 is 15.8 Å². The smallest absolute Gasteiger partial charge is 0.316 e. The van der Waals surface area contributed by atoms with Crippen LogP contribution in [0.25, 0.3) is 0 Å². The van der Waals surface area contributed by atoms with Crippen molar-refractivity contribution in [3.05, 3.63) is 41.5 Å². The molecule has 144 valence electrons. The molecule has 0 aliphatic heterocycles. The SMILES string of the molecule is NC(=O)Cc1ccc(OCc2noc(C(=O)NC3CCCCCC3)n2)cc1. The lowest BCUT2D eigenvalue weighted by Gasteiger charge is -2.14. The normalized spacial score (nSPS) is 15.1. The first kappa shape index (κ1) is 18.9. The fourth-order valence-electron chi connectivity index (χ4n) is 3.13. The van der Waals surface area contributed by atoms with Crippen LogP contribution >= 0.6 is 0 Å². The minimum atomic E-state index is -0.384. The number of nitrogens with one attached hydrogen (secondary N) is 1. The molecular formula is C19H24N4O4. The maximum absolute atomic E-state index is 12.3. The molecule has 1 aromatic heterocycles. The van der Waals surface area contributed by atoms with E-state index in [4.69, 9.17) is 15.0 Å². The third-order valence-corrected chi connectivity index (χ3v) is 4.52. The Labute approximate surface area is 157 Å². The Bertz CT molecular complexity index is 764. The summed E-state index contributed by atoms with van der Waals surface area (Å²) in [6, 6.07) is 7.17. The van der Waals surface area contributed by atoms with Gasteiger partial charge in [-0.15, -0.1) is 0 Å². The van der Waals surface area contributed by atoms with E-state index < -0.39 is 0 Å². The predicted octanol–water partition coefficient (Wildman–Crippen LogP) is 2.13. The van der Waals surface area contributed by atoms with Gasteiger partial charge in [-0.3, -0.25) is 9.59 Å². The Morgan fingerprint density at radius 2 is 1.85 bits per heavy atom. The maximum atomic E-state index is 12.3. The van der Waals surface area contributed by atoms with Crippen molar-refractivity contribution >= 4 is 11.8 Å². The lowest BCUT2D eigenvalue weighted by Crippen LogP contribution is -2.34. The highest BCUT2D eigenvalue weighted by Crippen LogP contribution is 2.18. The zero-order valence-electron chi connectivity index (χ0n) is 15.1. The second-order valence-corrected chi connectivity index (χ2v) is 6.75. The highest BCUT2D eigenvalue weighted by Gasteiger charge is 2.20. The molecule has 0 atom stereocenters. The molecule has 1 aliphatic rings. The lowest BCUT2D eigenvalue weighted by atomic mass is 10.1. The van der Waals surface area contributed by atoms with Gasteiger partial charge in [0, 0.05) is 6.04 Å². The number of nitrogens with zero attached hydrogens (tertiary/aromatic N) is 2. The fraction of sp³-hybridized carbons (Fsp3) is 0.474. The molecule has 8 nitrogen and oxygen atoms in total. The summed E-state index contributed by atoms with van der Waals surface area (Å²) < 4.78 is 10.6. The largest absolute Gasteiger partial charge is 0.485 e. The molecule has 0 radical (unpaired) electrons. The maximum Gasteiger partial charge on any atom is 0.316 e. The molecule has 2 amide bonds. The van der Waals surface area contributed by atoms with Gasteiger partial charge < -0.3 is 20.3 Å². The van der Waals surface area contributed by atoms with Gasteiger partial charge in [-0.25, -0.2) is 0 Å². The average molecular weight is 372 g/mol. The van der Waals surface area contributed by atoms with Crippen molar-refractivity contribution in [2.75, 3.05) is 0 Å². The van der Waals surface area contributed by atoms with E-state index in [2.05, 4.69) is 15.5 Å². The fourth-order valence-corrected chi connectivity index (χ4v) is 3.13. The molecular weight excluding hydrogens is 348 g/mol. The van der Waals surface area contributed by atoms with Gasteiger partial charge in [0.2, 0.25) is 11.7 Å². The van der Waals surface area contributed by atoms with Crippen molar-refractivity contribution in [1.29, 1.82) is 0 Å². The van der Waals surface area contributed by atoms with E-state index in [1.54, 1.807) is 24.3 Å². The molecule has 1 aliphatic carbocycles. The number of rotatable bonds is 7. The molecule has 1 aromatic carbocycles. The summed E-state index contributed by atoms with van der Waals surface area (Å²) in [5.74, 6) is 0.121. The number of primary amides is 1. The van der Waals surface area contributed by atoms with E-state index in [-0.39, 0.29) is 36.8 Å². The second-order valence-electron chi connectivity index (χ2n) is 6.75.